The van der Waals surface area contributed by atoms with Gasteiger partial charge in [0.05, 0.1) is 18.4 Å². The number of sulfone groups is 1. The van der Waals surface area contributed by atoms with E-state index in [1.54, 1.807) is 7.05 Å². The van der Waals surface area contributed by atoms with Crippen molar-refractivity contribution in [3.8, 4) is 5.75 Å². The highest BCUT2D eigenvalue weighted by molar-refractivity contribution is 14.0. The molecule has 1 aliphatic rings. The number of hydrogen-bond acceptors (Lipinski definition) is 4. The Bertz CT molecular complexity index is 744. The van der Waals surface area contributed by atoms with Crippen LogP contribution in [0.15, 0.2) is 29.3 Å². The van der Waals surface area contributed by atoms with Crippen molar-refractivity contribution < 1.29 is 13.2 Å². The number of rotatable bonds is 9. The molecule has 1 aromatic rings. The van der Waals surface area contributed by atoms with Crippen LogP contribution in [0.4, 0.5) is 0 Å². The Morgan fingerprint density at radius 3 is 2.29 bits per heavy atom. The second kappa shape index (κ2) is 10.7. The van der Waals surface area contributed by atoms with E-state index in [0.717, 1.165) is 24.2 Å². The van der Waals surface area contributed by atoms with Crippen molar-refractivity contribution in [2.24, 2.45) is 16.3 Å². The van der Waals surface area contributed by atoms with Crippen molar-refractivity contribution in [3.63, 3.8) is 0 Å². The van der Waals surface area contributed by atoms with Crippen molar-refractivity contribution in [1.29, 1.82) is 0 Å². The summed E-state index contributed by atoms with van der Waals surface area (Å²) in [7, 11) is -1.24. The van der Waals surface area contributed by atoms with Gasteiger partial charge < -0.3 is 15.4 Å². The molecule has 0 saturated heterocycles. The van der Waals surface area contributed by atoms with Crippen LogP contribution in [0.2, 0.25) is 0 Å². The predicted octanol–water partition coefficient (Wildman–Crippen LogP) is 3.39. The Kier molecular flexibility index (Phi) is 9.52. The molecule has 1 atom stereocenters. The molecule has 0 radical (unpaired) electrons. The van der Waals surface area contributed by atoms with E-state index in [1.807, 2.05) is 24.3 Å². The first-order chi connectivity index (χ1) is 12.6. The Hall–Kier alpha value is -1.03. The predicted molar refractivity (Wildman–Crippen MR) is 126 cm³/mol. The highest BCUT2D eigenvalue weighted by atomic mass is 127. The molecule has 1 fully saturated rings. The first-order valence-electron chi connectivity index (χ1n) is 9.50. The van der Waals surface area contributed by atoms with Crippen LogP contribution < -0.4 is 15.4 Å². The van der Waals surface area contributed by atoms with Gasteiger partial charge in [0.1, 0.15) is 15.6 Å². The summed E-state index contributed by atoms with van der Waals surface area (Å²) in [6.45, 7) is 7.65. The quantitative estimate of drug-likeness (QED) is 0.295. The van der Waals surface area contributed by atoms with Gasteiger partial charge in [-0.25, -0.2) is 8.42 Å². The summed E-state index contributed by atoms with van der Waals surface area (Å²) >= 11 is 0. The highest BCUT2D eigenvalue weighted by Crippen LogP contribution is 2.46. The van der Waals surface area contributed by atoms with Gasteiger partial charge in [-0.2, -0.15) is 0 Å². The summed E-state index contributed by atoms with van der Waals surface area (Å²) in [6, 6.07) is 8.13. The van der Waals surface area contributed by atoms with Gasteiger partial charge in [0.15, 0.2) is 5.96 Å². The van der Waals surface area contributed by atoms with Crippen molar-refractivity contribution in [2.75, 3.05) is 32.2 Å². The number of nitrogens with zero attached hydrogens (tertiary/aromatic N) is 1. The number of benzene rings is 1. The van der Waals surface area contributed by atoms with E-state index in [4.69, 9.17) is 4.74 Å². The molecule has 0 aromatic heterocycles. The van der Waals surface area contributed by atoms with E-state index < -0.39 is 9.84 Å². The molecular formula is C20H34IN3O3S. The molecule has 0 spiro atoms. The molecule has 1 saturated carbocycles. The van der Waals surface area contributed by atoms with Crippen LogP contribution in [0.3, 0.4) is 0 Å². The molecule has 0 amide bonds. The standard InChI is InChI=1S/C20H33N3O3S.HI/c1-15(2)12-26-18-8-6-17(7-9-18)16(3)23-19(21-4)22-13-20(10-11-20)14-27(5,24)25;/h6-9,15-16H,10-14H2,1-5H3,(H2,21,22,23);1H. The van der Waals surface area contributed by atoms with Crippen LogP contribution in [0.25, 0.3) is 0 Å². The average molecular weight is 523 g/mol. The van der Waals surface area contributed by atoms with E-state index >= 15 is 0 Å². The molecule has 0 aliphatic heterocycles. The Balaban J connectivity index is 0.00000392. The maximum absolute atomic E-state index is 11.6. The van der Waals surface area contributed by atoms with Crippen LogP contribution in [0.5, 0.6) is 5.75 Å². The number of nitrogens with one attached hydrogen (secondary N) is 2. The Labute approximate surface area is 186 Å². The number of halogens is 1. The van der Waals surface area contributed by atoms with Crippen LogP contribution in [0, 0.1) is 11.3 Å². The van der Waals surface area contributed by atoms with Crippen LogP contribution >= 0.6 is 24.0 Å². The number of guanidine groups is 1. The number of ether oxygens (including phenoxy) is 1. The number of hydrogen-bond donors (Lipinski definition) is 2. The van der Waals surface area contributed by atoms with Crippen molar-refractivity contribution in [3.05, 3.63) is 29.8 Å². The third kappa shape index (κ3) is 8.55. The minimum absolute atomic E-state index is 0. The summed E-state index contributed by atoms with van der Waals surface area (Å²) in [5.41, 5.74) is 0.997. The van der Waals surface area contributed by atoms with Gasteiger partial charge in [-0.1, -0.05) is 26.0 Å². The van der Waals surface area contributed by atoms with E-state index in [-0.39, 0.29) is 41.2 Å². The lowest BCUT2D eigenvalue weighted by molar-refractivity contribution is 0.271. The van der Waals surface area contributed by atoms with Gasteiger partial charge in [-0.05, 0) is 43.4 Å². The van der Waals surface area contributed by atoms with Crippen LogP contribution in [-0.2, 0) is 9.84 Å². The lowest BCUT2D eigenvalue weighted by Gasteiger charge is -2.21. The minimum Gasteiger partial charge on any atom is -0.493 e. The van der Waals surface area contributed by atoms with E-state index in [2.05, 4.69) is 36.4 Å². The second-order valence-corrected chi connectivity index (χ2v) is 10.3. The fraction of sp³-hybridized carbons (Fsp3) is 0.650. The number of aliphatic imine (C=N–C) groups is 1. The fourth-order valence-corrected chi connectivity index (χ4v) is 4.48. The van der Waals surface area contributed by atoms with E-state index in [9.17, 15) is 8.42 Å². The van der Waals surface area contributed by atoms with Crippen LogP contribution in [0.1, 0.15) is 45.2 Å². The fourth-order valence-electron chi connectivity index (χ4n) is 2.97. The van der Waals surface area contributed by atoms with Gasteiger partial charge in [0.25, 0.3) is 0 Å². The van der Waals surface area contributed by atoms with Crippen molar-refractivity contribution >= 4 is 39.8 Å². The van der Waals surface area contributed by atoms with Gasteiger partial charge in [-0.15, -0.1) is 24.0 Å². The third-order valence-corrected chi connectivity index (χ3v) is 5.83. The zero-order chi connectivity index (χ0) is 20.1. The molecule has 2 rings (SSSR count). The van der Waals surface area contributed by atoms with E-state index in [0.29, 0.717) is 25.0 Å². The molecule has 0 heterocycles. The zero-order valence-electron chi connectivity index (χ0n) is 17.5. The molecule has 2 N–H and O–H groups in total. The first kappa shape index (κ1) is 25.0. The normalized spacial score (nSPS) is 16.9. The topological polar surface area (TPSA) is 79.8 Å². The SMILES string of the molecule is CN=C(NCC1(CS(C)(=O)=O)CC1)NC(C)c1ccc(OCC(C)C)cc1.I. The maximum atomic E-state index is 11.6. The Morgan fingerprint density at radius 2 is 1.82 bits per heavy atom. The summed E-state index contributed by atoms with van der Waals surface area (Å²) < 4.78 is 28.9. The van der Waals surface area contributed by atoms with Gasteiger partial charge in [-0.3, -0.25) is 4.99 Å². The lowest BCUT2D eigenvalue weighted by Crippen LogP contribution is -2.42. The molecule has 0 bridgehead atoms. The first-order valence-corrected chi connectivity index (χ1v) is 11.6. The summed E-state index contributed by atoms with van der Waals surface area (Å²) in [5.74, 6) is 2.29. The Morgan fingerprint density at radius 1 is 1.21 bits per heavy atom. The highest BCUT2D eigenvalue weighted by Gasteiger charge is 2.45. The second-order valence-electron chi connectivity index (χ2n) is 8.14. The van der Waals surface area contributed by atoms with Gasteiger partial charge in [0.2, 0.25) is 0 Å². The lowest BCUT2D eigenvalue weighted by atomic mass is 10.1. The largest absolute Gasteiger partial charge is 0.493 e. The van der Waals surface area contributed by atoms with Crippen molar-refractivity contribution in [1.82, 2.24) is 10.6 Å². The summed E-state index contributed by atoms with van der Waals surface area (Å²) in [4.78, 5) is 4.27. The average Bonchev–Trinajstić information content (AvgIpc) is 3.34. The summed E-state index contributed by atoms with van der Waals surface area (Å²) in [5, 5.41) is 6.65. The molecule has 160 valence electrons. The molecule has 1 aliphatic carbocycles. The monoisotopic (exact) mass is 523 g/mol. The minimum atomic E-state index is -2.97. The molecule has 1 unspecified atom stereocenters. The molecule has 6 nitrogen and oxygen atoms in total. The smallest absolute Gasteiger partial charge is 0.191 e. The zero-order valence-corrected chi connectivity index (χ0v) is 20.6. The maximum Gasteiger partial charge on any atom is 0.191 e. The van der Waals surface area contributed by atoms with Crippen molar-refractivity contribution in [2.45, 2.75) is 39.7 Å². The summed E-state index contributed by atoms with van der Waals surface area (Å²) in [6.07, 6.45) is 3.19. The van der Waals surface area contributed by atoms with Crippen LogP contribution in [-0.4, -0.2) is 46.6 Å². The van der Waals surface area contributed by atoms with Gasteiger partial charge in [0, 0.05) is 25.3 Å². The molecular weight excluding hydrogens is 489 g/mol. The molecule has 28 heavy (non-hydrogen) atoms. The van der Waals surface area contributed by atoms with E-state index in [1.165, 1.54) is 6.26 Å². The van der Waals surface area contributed by atoms with Gasteiger partial charge >= 0.3 is 0 Å². The molecule has 1 aromatic carbocycles. The molecule has 8 heteroatoms. The third-order valence-electron chi connectivity index (χ3n) is 4.70.